The van der Waals surface area contributed by atoms with E-state index in [0.717, 1.165) is 5.56 Å². The van der Waals surface area contributed by atoms with Gasteiger partial charge in [0.2, 0.25) is 0 Å². The molecule has 1 saturated heterocycles. The Bertz CT molecular complexity index is 867. The van der Waals surface area contributed by atoms with Crippen molar-refractivity contribution < 1.29 is 19.1 Å². The predicted octanol–water partition coefficient (Wildman–Crippen LogP) is 4.52. The Morgan fingerprint density at radius 3 is 2.52 bits per heavy atom. The lowest BCUT2D eigenvalue weighted by atomic mass is 10.0. The van der Waals surface area contributed by atoms with Crippen LogP contribution in [0.3, 0.4) is 0 Å². The van der Waals surface area contributed by atoms with Crippen molar-refractivity contribution in [3.63, 3.8) is 0 Å². The van der Waals surface area contributed by atoms with Crippen LogP contribution < -0.4 is 4.74 Å². The highest BCUT2D eigenvalue weighted by Crippen LogP contribution is 2.32. The van der Waals surface area contributed by atoms with Crippen LogP contribution in [0.15, 0.2) is 72.6 Å². The third-order valence-electron chi connectivity index (χ3n) is 4.55. The molecule has 27 heavy (non-hydrogen) atoms. The Morgan fingerprint density at radius 1 is 1.19 bits per heavy atom. The van der Waals surface area contributed by atoms with Crippen LogP contribution in [0.5, 0.6) is 5.75 Å². The normalized spacial score (nSPS) is 15.8. The van der Waals surface area contributed by atoms with Gasteiger partial charge in [0, 0.05) is 18.4 Å². The summed E-state index contributed by atoms with van der Waals surface area (Å²) in [6, 6.07) is 16.4. The number of hydrogen-bond acceptors (Lipinski definition) is 4. The lowest BCUT2D eigenvalue weighted by Gasteiger charge is -2.23. The molecule has 1 aliphatic rings. The second-order valence-electron chi connectivity index (χ2n) is 6.15. The highest BCUT2D eigenvalue weighted by molar-refractivity contribution is 5.96. The minimum atomic E-state index is -0.438. The zero-order valence-electron chi connectivity index (χ0n) is 15.2. The lowest BCUT2D eigenvalue weighted by molar-refractivity contribution is 0.0979. The SMILES string of the molecule is C=C=C(CCC(=O)c1ccc(OC)cc1)N1C(=O)OC[C@H]1c1ccccc1. The first-order valence-corrected chi connectivity index (χ1v) is 8.71. The zero-order valence-corrected chi connectivity index (χ0v) is 15.2. The van der Waals surface area contributed by atoms with Crippen LogP contribution in [0.25, 0.3) is 0 Å². The van der Waals surface area contributed by atoms with Crippen molar-refractivity contribution in [2.24, 2.45) is 0 Å². The van der Waals surface area contributed by atoms with Gasteiger partial charge in [-0.1, -0.05) is 36.9 Å². The summed E-state index contributed by atoms with van der Waals surface area (Å²) in [7, 11) is 1.58. The second kappa shape index (κ2) is 8.39. The van der Waals surface area contributed by atoms with Gasteiger partial charge in [0.25, 0.3) is 0 Å². The molecule has 0 radical (unpaired) electrons. The minimum Gasteiger partial charge on any atom is -0.497 e. The molecule has 5 heteroatoms. The van der Waals surface area contributed by atoms with Crippen LogP contribution in [-0.4, -0.2) is 30.5 Å². The number of Topliss-reactive ketones (excluding diaryl/α,β-unsaturated/α-hetero) is 1. The molecule has 0 bridgehead atoms. The van der Waals surface area contributed by atoms with Crippen molar-refractivity contribution in [1.29, 1.82) is 0 Å². The van der Waals surface area contributed by atoms with Crippen LogP contribution in [0, 0.1) is 0 Å². The Balaban J connectivity index is 1.71. The summed E-state index contributed by atoms with van der Waals surface area (Å²) in [5, 5.41) is 0. The fraction of sp³-hybridized carbons (Fsp3) is 0.227. The van der Waals surface area contributed by atoms with E-state index >= 15 is 0 Å². The van der Waals surface area contributed by atoms with E-state index in [-0.39, 0.29) is 24.9 Å². The van der Waals surface area contributed by atoms with Gasteiger partial charge in [0.1, 0.15) is 12.4 Å². The molecule has 0 aliphatic carbocycles. The molecule has 0 unspecified atom stereocenters. The number of hydrogen-bond donors (Lipinski definition) is 0. The van der Waals surface area contributed by atoms with Crippen molar-refractivity contribution in [3.8, 4) is 5.75 Å². The van der Waals surface area contributed by atoms with E-state index < -0.39 is 6.09 Å². The summed E-state index contributed by atoms with van der Waals surface area (Å²) in [6.07, 6.45) is 0.161. The molecule has 138 valence electrons. The maximum Gasteiger partial charge on any atom is 0.415 e. The van der Waals surface area contributed by atoms with E-state index in [2.05, 4.69) is 12.3 Å². The fourth-order valence-electron chi connectivity index (χ4n) is 3.09. The number of carbonyl (C=O) groups is 2. The first kappa shape index (κ1) is 18.5. The molecule has 2 aromatic rings. The Hall–Kier alpha value is -3.30. The van der Waals surface area contributed by atoms with Gasteiger partial charge in [-0.15, -0.1) is 5.73 Å². The summed E-state index contributed by atoms with van der Waals surface area (Å²) in [6.45, 7) is 3.97. The molecule has 0 spiro atoms. The van der Waals surface area contributed by atoms with Gasteiger partial charge < -0.3 is 9.47 Å². The summed E-state index contributed by atoms with van der Waals surface area (Å²) in [5.74, 6) is 0.679. The molecule has 0 N–H and O–H groups in total. The highest BCUT2D eigenvalue weighted by atomic mass is 16.6. The van der Waals surface area contributed by atoms with Crippen LogP contribution in [-0.2, 0) is 4.74 Å². The second-order valence-corrected chi connectivity index (χ2v) is 6.15. The standard InChI is InChI=1S/C22H21NO4/c1-3-18(11-14-21(24)17-9-12-19(26-2)13-10-17)23-20(15-27-22(23)25)16-7-5-4-6-8-16/h4-10,12-13,20H,1,11,14-15H2,2H3/t20-/m0/s1. The molecule has 2 aromatic carbocycles. The molecule has 1 aliphatic heterocycles. The van der Waals surface area contributed by atoms with Crippen molar-refractivity contribution in [3.05, 3.63) is 83.7 Å². The molecule has 3 rings (SSSR count). The molecule has 1 fully saturated rings. The molecule has 1 atom stereocenters. The maximum atomic E-state index is 12.5. The largest absolute Gasteiger partial charge is 0.497 e. The Morgan fingerprint density at radius 2 is 1.89 bits per heavy atom. The smallest absolute Gasteiger partial charge is 0.415 e. The topological polar surface area (TPSA) is 55.8 Å². The number of methoxy groups -OCH3 is 1. The van der Waals surface area contributed by atoms with Crippen molar-refractivity contribution >= 4 is 11.9 Å². The number of amides is 1. The molecule has 0 saturated carbocycles. The average molecular weight is 363 g/mol. The number of allylic oxidation sites excluding steroid dienone is 1. The number of carbonyl (C=O) groups excluding carboxylic acids is 2. The number of cyclic esters (lactones) is 1. The molecular formula is C22H21NO4. The van der Waals surface area contributed by atoms with Gasteiger partial charge in [-0.3, -0.25) is 9.69 Å². The van der Waals surface area contributed by atoms with E-state index in [9.17, 15) is 9.59 Å². The van der Waals surface area contributed by atoms with E-state index in [4.69, 9.17) is 9.47 Å². The minimum absolute atomic E-state index is 0.0192. The summed E-state index contributed by atoms with van der Waals surface area (Å²) < 4.78 is 10.3. The highest BCUT2D eigenvalue weighted by Gasteiger charge is 2.36. The zero-order chi connectivity index (χ0) is 19.2. The number of rotatable bonds is 7. The maximum absolute atomic E-state index is 12.5. The lowest BCUT2D eigenvalue weighted by Crippen LogP contribution is -2.27. The first-order valence-electron chi connectivity index (χ1n) is 8.71. The predicted molar refractivity (Wildman–Crippen MR) is 102 cm³/mol. The number of benzene rings is 2. The average Bonchev–Trinajstić information content (AvgIpc) is 3.10. The van der Waals surface area contributed by atoms with Crippen LogP contribution >= 0.6 is 0 Å². The van der Waals surface area contributed by atoms with Gasteiger partial charge in [0.15, 0.2) is 5.78 Å². The van der Waals surface area contributed by atoms with Crippen LogP contribution in [0.2, 0.25) is 0 Å². The fourth-order valence-corrected chi connectivity index (χ4v) is 3.09. The van der Waals surface area contributed by atoms with E-state index in [1.54, 1.807) is 36.3 Å². The van der Waals surface area contributed by atoms with E-state index in [1.165, 1.54) is 0 Å². The van der Waals surface area contributed by atoms with E-state index in [1.807, 2.05) is 30.3 Å². The Labute approximate surface area is 158 Å². The molecule has 1 heterocycles. The molecule has 1 amide bonds. The van der Waals surface area contributed by atoms with E-state index in [0.29, 0.717) is 23.4 Å². The quantitative estimate of drug-likeness (QED) is 0.536. The van der Waals surface area contributed by atoms with Gasteiger partial charge in [0.05, 0.1) is 18.8 Å². The van der Waals surface area contributed by atoms with Crippen molar-refractivity contribution in [2.75, 3.05) is 13.7 Å². The number of ether oxygens (including phenoxy) is 2. The van der Waals surface area contributed by atoms with Gasteiger partial charge in [-0.25, -0.2) is 4.79 Å². The third kappa shape index (κ3) is 4.10. The van der Waals surface area contributed by atoms with Crippen molar-refractivity contribution in [2.45, 2.75) is 18.9 Å². The van der Waals surface area contributed by atoms with Crippen LogP contribution in [0.1, 0.15) is 34.8 Å². The summed E-state index contributed by atoms with van der Waals surface area (Å²) in [4.78, 5) is 26.3. The molecular weight excluding hydrogens is 342 g/mol. The van der Waals surface area contributed by atoms with Gasteiger partial charge in [-0.2, -0.15) is 0 Å². The number of nitrogens with zero attached hydrogens (tertiary/aromatic N) is 1. The van der Waals surface area contributed by atoms with Crippen molar-refractivity contribution in [1.82, 2.24) is 4.90 Å². The Kier molecular flexibility index (Phi) is 5.74. The van der Waals surface area contributed by atoms with Gasteiger partial charge >= 0.3 is 6.09 Å². The molecule has 0 aromatic heterocycles. The first-order chi connectivity index (χ1) is 13.1. The summed E-state index contributed by atoms with van der Waals surface area (Å²) in [5.41, 5.74) is 4.95. The monoisotopic (exact) mass is 363 g/mol. The molecule has 5 nitrogen and oxygen atoms in total. The van der Waals surface area contributed by atoms with Crippen LogP contribution in [0.4, 0.5) is 4.79 Å². The third-order valence-corrected chi connectivity index (χ3v) is 4.55. The number of ketones is 1. The summed E-state index contributed by atoms with van der Waals surface area (Å²) >= 11 is 0. The van der Waals surface area contributed by atoms with Gasteiger partial charge in [-0.05, 0) is 29.8 Å².